The monoisotopic (exact) mass is 208 g/mol. The molecular formula is C8H17ClN2O2. The van der Waals surface area contributed by atoms with E-state index in [0.717, 1.165) is 0 Å². The predicted molar refractivity (Wildman–Crippen MR) is 53.5 cm³/mol. The van der Waals surface area contributed by atoms with Crippen LogP contribution in [-0.2, 0) is 9.59 Å². The Bertz CT molecular complexity index is 187. The van der Waals surface area contributed by atoms with E-state index in [2.05, 4.69) is 5.32 Å². The van der Waals surface area contributed by atoms with Crippen molar-refractivity contribution in [2.24, 2.45) is 11.1 Å². The molecule has 0 unspecified atom stereocenters. The van der Waals surface area contributed by atoms with Crippen LogP contribution in [0.5, 0.6) is 0 Å². The second kappa shape index (κ2) is 5.80. The molecule has 0 saturated carbocycles. The molecule has 0 aliphatic rings. The first-order valence-electron chi connectivity index (χ1n) is 3.86. The molecule has 13 heavy (non-hydrogen) atoms. The molecule has 78 valence electrons. The molecule has 0 rings (SSSR count). The summed E-state index contributed by atoms with van der Waals surface area (Å²) in [5.74, 6) is -0.654. The zero-order valence-corrected chi connectivity index (χ0v) is 9.03. The lowest BCUT2D eigenvalue weighted by Crippen LogP contribution is -2.35. The van der Waals surface area contributed by atoms with Gasteiger partial charge in [0.1, 0.15) is 0 Å². The molecule has 0 aliphatic carbocycles. The van der Waals surface area contributed by atoms with Crippen molar-refractivity contribution in [2.45, 2.75) is 27.2 Å². The number of halogens is 1. The highest BCUT2D eigenvalue weighted by molar-refractivity contribution is 5.85. The fraction of sp³-hybridized carbons (Fsp3) is 0.750. The van der Waals surface area contributed by atoms with Gasteiger partial charge >= 0.3 is 0 Å². The van der Waals surface area contributed by atoms with Gasteiger partial charge in [0, 0.05) is 6.42 Å². The molecule has 0 bridgehead atoms. The number of carbonyl (C=O) groups is 2. The van der Waals surface area contributed by atoms with Gasteiger partial charge < -0.3 is 11.1 Å². The summed E-state index contributed by atoms with van der Waals surface area (Å²) in [4.78, 5) is 21.3. The van der Waals surface area contributed by atoms with Crippen molar-refractivity contribution < 1.29 is 9.59 Å². The Morgan fingerprint density at radius 1 is 1.31 bits per heavy atom. The molecule has 0 saturated heterocycles. The third-order valence-electron chi connectivity index (χ3n) is 1.15. The molecule has 0 heterocycles. The summed E-state index contributed by atoms with van der Waals surface area (Å²) in [6.45, 7) is 5.79. The van der Waals surface area contributed by atoms with Gasteiger partial charge in [0.25, 0.3) is 0 Å². The Balaban J connectivity index is 0. The van der Waals surface area contributed by atoms with Gasteiger partial charge in [-0.2, -0.15) is 0 Å². The van der Waals surface area contributed by atoms with Gasteiger partial charge in [-0.05, 0) is 5.41 Å². The number of hydrogen-bond donors (Lipinski definition) is 2. The van der Waals surface area contributed by atoms with Crippen LogP contribution in [0.2, 0.25) is 0 Å². The van der Waals surface area contributed by atoms with Crippen LogP contribution >= 0.6 is 12.4 Å². The van der Waals surface area contributed by atoms with E-state index in [9.17, 15) is 9.59 Å². The topological polar surface area (TPSA) is 72.2 Å². The maximum atomic E-state index is 11.0. The minimum absolute atomic E-state index is 0. The second-order valence-electron chi connectivity index (χ2n) is 3.98. The third-order valence-corrected chi connectivity index (χ3v) is 1.15. The first kappa shape index (κ1) is 14.7. The molecule has 5 heteroatoms. The van der Waals surface area contributed by atoms with Gasteiger partial charge in [-0.15, -0.1) is 12.4 Å². The Hall–Kier alpha value is -0.770. The van der Waals surface area contributed by atoms with Crippen molar-refractivity contribution in [1.29, 1.82) is 0 Å². The quantitative estimate of drug-likeness (QED) is 0.707. The number of hydrogen-bond acceptors (Lipinski definition) is 2. The highest BCUT2D eigenvalue weighted by Crippen LogP contribution is 2.17. The fourth-order valence-electron chi connectivity index (χ4n) is 0.730. The maximum Gasteiger partial charge on any atom is 0.236 e. The summed E-state index contributed by atoms with van der Waals surface area (Å²) in [6, 6.07) is 0. The smallest absolute Gasteiger partial charge is 0.236 e. The van der Waals surface area contributed by atoms with Crippen molar-refractivity contribution in [3.05, 3.63) is 0 Å². The minimum atomic E-state index is -0.516. The van der Waals surface area contributed by atoms with Crippen LogP contribution in [0.15, 0.2) is 0 Å². The number of carbonyl (C=O) groups excluding carboxylic acids is 2. The first-order valence-corrected chi connectivity index (χ1v) is 3.86. The molecule has 0 radical (unpaired) electrons. The van der Waals surface area contributed by atoms with E-state index in [1.807, 2.05) is 20.8 Å². The Kier molecular flexibility index (Phi) is 6.58. The van der Waals surface area contributed by atoms with Gasteiger partial charge in [-0.25, -0.2) is 0 Å². The van der Waals surface area contributed by atoms with Gasteiger partial charge in [-0.3, -0.25) is 9.59 Å². The van der Waals surface area contributed by atoms with Crippen LogP contribution in [0, 0.1) is 5.41 Å². The predicted octanol–water partition coefficient (Wildman–Crippen LogP) is 0.446. The fourth-order valence-corrected chi connectivity index (χ4v) is 0.730. The van der Waals surface area contributed by atoms with Gasteiger partial charge in [0.05, 0.1) is 6.54 Å². The van der Waals surface area contributed by atoms with Gasteiger partial charge in [-0.1, -0.05) is 20.8 Å². The number of nitrogens with one attached hydrogen (secondary N) is 1. The summed E-state index contributed by atoms with van der Waals surface area (Å²) in [5.41, 5.74) is 4.80. The molecule has 0 atom stereocenters. The molecule has 4 nitrogen and oxygen atoms in total. The van der Waals surface area contributed by atoms with E-state index in [1.54, 1.807) is 0 Å². The summed E-state index contributed by atoms with van der Waals surface area (Å²) in [5, 5.41) is 2.43. The van der Waals surface area contributed by atoms with Crippen LogP contribution in [0.3, 0.4) is 0 Å². The highest BCUT2D eigenvalue weighted by atomic mass is 35.5. The molecule has 3 N–H and O–H groups in total. The lowest BCUT2D eigenvalue weighted by Gasteiger charge is -2.16. The number of amides is 2. The van der Waals surface area contributed by atoms with Crippen molar-refractivity contribution >= 4 is 24.2 Å². The zero-order chi connectivity index (χ0) is 9.78. The third kappa shape index (κ3) is 11.2. The molecule has 0 aromatic rings. The Morgan fingerprint density at radius 2 is 1.77 bits per heavy atom. The molecule has 0 aromatic carbocycles. The standard InChI is InChI=1S/C8H16N2O2.ClH/c1-8(2,3)4-7(12)10-5-6(9)11;/h4-5H2,1-3H3,(H2,9,11)(H,10,12);1H. The first-order chi connectivity index (χ1) is 5.31. The van der Waals surface area contributed by atoms with E-state index in [-0.39, 0.29) is 30.3 Å². The van der Waals surface area contributed by atoms with Crippen LogP contribution in [-0.4, -0.2) is 18.4 Å². The number of rotatable bonds is 3. The molecule has 0 fully saturated rings. The average molecular weight is 209 g/mol. The minimum Gasteiger partial charge on any atom is -0.368 e. The summed E-state index contributed by atoms with van der Waals surface area (Å²) >= 11 is 0. The summed E-state index contributed by atoms with van der Waals surface area (Å²) < 4.78 is 0. The Labute approximate surface area is 84.7 Å². The highest BCUT2D eigenvalue weighted by Gasteiger charge is 2.15. The second-order valence-corrected chi connectivity index (χ2v) is 3.98. The normalized spacial score (nSPS) is 10.1. The van der Waals surface area contributed by atoms with Crippen LogP contribution in [0.25, 0.3) is 0 Å². The number of primary amides is 1. The lowest BCUT2D eigenvalue weighted by atomic mass is 9.92. The van der Waals surface area contributed by atoms with E-state index < -0.39 is 5.91 Å². The van der Waals surface area contributed by atoms with Crippen molar-refractivity contribution in [2.75, 3.05) is 6.54 Å². The van der Waals surface area contributed by atoms with Crippen molar-refractivity contribution in [3.63, 3.8) is 0 Å². The maximum absolute atomic E-state index is 11.0. The Morgan fingerprint density at radius 3 is 2.08 bits per heavy atom. The lowest BCUT2D eigenvalue weighted by molar-refractivity contribution is -0.126. The molecular weight excluding hydrogens is 192 g/mol. The zero-order valence-electron chi connectivity index (χ0n) is 8.22. The van der Waals surface area contributed by atoms with E-state index in [0.29, 0.717) is 6.42 Å². The van der Waals surface area contributed by atoms with Crippen LogP contribution in [0.1, 0.15) is 27.2 Å². The largest absolute Gasteiger partial charge is 0.368 e. The SMILES string of the molecule is CC(C)(C)CC(=O)NCC(N)=O.Cl. The molecule has 0 aromatic heterocycles. The van der Waals surface area contributed by atoms with Gasteiger partial charge in [0.2, 0.25) is 11.8 Å². The van der Waals surface area contributed by atoms with Crippen molar-refractivity contribution in [1.82, 2.24) is 5.32 Å². The van der Waals surface area contributed by atoms with E-state index in [4.69, 9.17) is 5.73 Å². The van der Waals surface area contributed by atoms with Crippen LogP contribution < -0.4 is 11.1 Å². The van der Waals surface area contributed by atoms with E-state index in [1.165, 1.54) is 0 Å². The van der Waals surface area contributed by atoms with E-state index >= 15 is 0 Å². The molecule has 2 amide bonds. The summed E-state index contributed by atoms with van der Waals surface area (Å²) in [6.07, 6.45) is 0.403. The average Bonchev–Trinajstić information content (AvgIpc) is 1.79. The van der Waals surface area contributed by atoms with Crippen LogP contribution in [0.4, 0.5) is 0 Å². The van der Waals surface area contributed by atoms with Gasteiger partial charge in [0.15, 0.2) is 0 Å². The van der Waals surface area contributed by atoms with Crippen molar-refractivity contribution in [3.8, 4) is 0 Å². The number of nitrogens with two attached hydrogens (primary N) is 1. The molecule has 0 aliphatic heterocycles. The summed E-state index contributed by atoms with van der Waals surface area (Å²) in [7, 11) is 0. The molecule has 0 spiro atoms.